The van der Waals surface area contributed by atoms with Crippen molar-refractivity contribution in [3.8, 4) is 11.3 Å². The lowest BCUT2D eigenvalue weighted by Gasteiger charge is -2.18. The molecule has 0 radical (unpaired) electrons. The van der Waals surface area contributed by atoms with Gasteiger partial charge in [-0.25, -0.2) is 4.98 Å². The Bertz CT molecular complexity index is 943. The standard InChI is InChI=1S/C20H22BrClN3O2/c1-10-13-9-14(25(16(10)13)19(26)27-20(2,3)4)18-23-15(17(22)24-18)11-5-7-12(21)8-6-11/h5-8,10,13-14H,9H2,1-4H3,(H,23,24)/q+1. The Morgan fingerprint density at radius 2 is 2.00 bits per heavy atom. The van der Waals surface area contributed by atoms with Crippen LogP contribution in [0.3, 0.4) is 0 Å². The monoisotopic (exact) mass is 450 g/mol. The lowest BCUT2D eigenvalue weighted by Crippen LogP contribution is -2.33. The number of aromatic amines is 1. The number of carbonyl (C=O) groups is 1. The molecular weight excluding hydrogens is 430 g/mol. The molecule has 1 amide bonds. The SMILES string of the molecule is CC1C2=[N+](C(=O)OC(C)(C)C)C(c3nc(-c4ccc(Br)cc4)c(Cl)[nH]3)CC21. The summed E-state index contributed by atoms with van der Waals surface area (Å²) in [5.74, 6) is 1.54. The number of hydrogen-bond donors (Lipinski definition) is 1. The van der Waals surface area contributed by atoms with Gasteiger partial charge in [0.15, 0.2) is 11.5 Å². The van der Waals surface area contributed by atoms with Crippen LogP contribution in [-0.2, 0) is 4.74 Å². The van der Waals surface area contributed by atoms with Gasteiger partial charge in [-0.2, -0.15) is 4.79 Å². The molecule has 1 aliphatic carbocycles. The Kier molecular flexibility index (Phi) is 4.47. The number of ether oxygens (including phenoxy) is 1. The molecule has 5 nitrogen and oxygen atoms in total. The van der Waals surface area contributed by atoms with Gasteiger partial charge in [-0.15, -0.1) is 4.58 Å². The third kappa shape index (κ3) is 3.45. The van der Waals surface area contributed by atoms with Crippen molar-refractivity contribution in [2.24, 2.45) is 11.8 Å². The Labute approximate surface area is 171 Å². The number of rotatable bonds is 2. The van der Waals surface area contributed by atoms with Gasteiger partial charge in [-0.3, -0.25) is 0 Å². The summed E-state index contributed by atoms with van der Waals surface area (Å²) in [5.41, 5.74) is 2.23. The predicted molar refractivity (Wildman–Crippen MR) is 108 cm³/mol. The Hall–Kier alpha value is -1.66. The Balaban J connectivity index is 1.67. The summed E-state index contributed by atoms with van der Waals surface area (Å²) in [6.07, 6.45) is 0.534. The molecular formula is C20H22BrClN3O2+. The molecule has 1 N–H and O–H groups in total. The van der Waals surface area contributed by atoms with Crippen molar-refractivity contribution in [1.82, 2.24) is 9.97 Å². The molecule has 0 spiro atoms. The average molecular weight is 452 g/mol. The minimum Gasteiger partial charge on any atom is -0.406 e. The van der Waals surface area contributed by atoms with Crippen molar-refractivity contribution in [3.05, 3.63) is 39.7 Å². The molecule has 4 rings (SSSR count). The first-order valence-electron chi connectivity index (χ1n) is 9.06. The molecule has 27 heavy (non-hydrogen) atoms. The van der Waals surface area contributed by atoms with E-state index in [1.165, 1.54) is 0 Å². The second-order valence-corrected chi connectivity index (χ2v) is 9.51. The number of nitrogens with zero attached hydrogens (tertiary/aromatic N) is 2. The maximum atomic E-state index is 12.8. The fraction of sp³-hybridized carbons (Fsp3) is 0.450. The van der Waals surface area contributed by atoms with E-state index < -0.39 is 5.60 Å². The van der Waals surface area contributed by atoms with Crippen LogP contribution in [0.4, 0.5) is 4.79 Å². The number of aromatic nitrogens is 2. The molecule has 0 bridgehead atoms. The molecule has 2 heterocycles. The van der Waals surface area contributed by atoms with E-state index in [4.69, 9.17) is 21.3 Å². The first-order chi connectivity index (χ1) is 12.7. The fourth-order valence-corrected chi connectivity index (χ4v) is 4.31. The van der Waals surface area contributed by atoms with E-state index in [2.05, 4.69) is 27.8 Å². The minimum absolute atomic E-state index is 0.169. The van der Waals surface area contributed by atoms with Crippen LogP contribution in [0.1, 0.15) is 46.0 Å². The third-order valence-corrected chi connectivity index (χ3v) is 5.91. The van der Waals surface area contributed by atoms with Crippen LogP contribution < -0.4 is 0 Å². The maximum Gasteiger partial charge on any atom is 0.597 e. The van der Waals surface area contributed by atoms with Crippen LogP contribution in [0.15, 0.2) is 28.7 Å². The van der Waals surface area contributed by atoms with Crippen molar-refractivity contribution in [2.45, 2.75) is 45.8 Å². The van der Waals surface area contributed by atoms with Gasteiger partial charge in [0.1, 0.15) is 16.4 Å². The van der Waals surface area contributed by atoms with Crippen LogP contribution in [-0.4, -0.2) is 31.9 Å². The summed E-state index contributed by atoms with van der Waals surface area (Å²) in [4.78, 5) is 20.7. The molecule has 7 heteroatoms. The van der Waals surface area contributed by atoms with Gasteiger partial charge < -0.3 is 9.72 Å². The van der Waals surface area contributed by atoms with Gasteiger partial charge in [0.25, 0.3) is 0 Å². The summed E-state index contributed by atoms with van der Waals surface area (Å²) in [7, 11) is 0. The predicted octanol–water partition coefficient (Wildman–Crippen LogP) is 5.59. The molecule has 1 fully saturated rings. The highest BCUT2D eigenvalue weighted by Gasteiger charge is 2.63. The number of benzene rings is 1. The van der Waals surface area contributed by atoms with Crippen molar-refractivity contribution < 1.29 is 14.1 Å². The van der Waals surface area contributed by atoms with E-state index in [0.717, 1.165) is 22.2 Å². The minimum atomic E-state index is -0.540. The third-order valence-electron chi connectivity index (χ3n) is 5.11. The normalized spacial score (nSPS) is 24.1. The first-order valence-corrected chi connectivity index (χ1v) is 10.2. The smallest absolute Gasteiger partial charge is 0.406 e. The zero-order valence-corrected chi connectivity index (χ0v) is 18.1. The van der Waals surface area contributed by atoms with E-state index in [1.807, 2.05) is 45.0 Å². The van der Waals surface area contributed by atoms with Gasteiger partial charge in [-0.1, -0.05) is 46.6 Å². The van der Waals surface area contributed by atoms with Gasteiger partial charge in [0, 0.05) is 22.4 Å². The molecule has 2 aromatic rings. The van der Waals surface area contributed by atoms with Crippen molar-refractivity contribution >= 4 is 39.3 Å². The van der Waals surface area contributed by atoms with Crippen LogP contribution >= 0.6 is 27.5 Å². The lowest BCUT2D eigenvalue weighted by molar-refractivity contribution is -0.492. The molecule has 3 atom stereocenters. The van der Waals surface area contributed by atoms with E-state index >= 15 is 0 Å². The van der Waals surface area contributed by atoms with Crippen molar-refractivity contribution in [3.63, 3.8) is 0 Å². The van der Waals surface area contributed by atoms with E-state index in [-0.39, 0.29) is 12.1 Å². The second-order valence-electron chi connectivity index (χ2n) is 8.21. The van der Waals surface area contributed by atoms with Gasteiger partial charge in [0.2, 0.25) is 6.04 Å². The number of nitrogens with one attached hydrogen (secondary N) is 1. The molecule has 142 valence electrons. The number of imidazole rings is 1. The molecule has 1 aliphatic heterocycles. The van der Waals surface area contributed by atoms with Gasteiger partial charge in [-0.05, 0) is 32.9 Å². The first kappa shape index (κ1) is 18.7. The zero-order chi connectivity index (χ0) is 19.5. The van der Waals surface area contributed by atoms with Crippen molar-refractivity contribution in [1.29, 1.82) is 0 Å². The molecule has 3 unspecified atom stereocenters. The van der Waals surface area contributed by atoms with E-state index in [0.29, 0.717) is 28.5 Å². The lowest BCUT2D eigenvalue weighted by atomic mass is 10.1. The molecule has 1 aromatic carbocycles. The zero-order valence-electron chi connectivity index (χ0n) is 15.7. The van der Waals surface area contributed by atoms with Crippen LogP contribution in [0.5, 0.6) is 0 Å². The average Bonchev–Trinajstić information content (AvgIpc) is 2.95. The van der Waals surface area contributed by atoms with Gasteiger partial charge in [0.05, 0.1) is 5.92 Å². The van der Waals surface area contributed by atoms with Crippen LogP contribution in [0.25, 0.3) is 11.3 Å². The summed E-state index contributed by atoms with van der Waals surface area (Å²) in [6, 6.07) is 7.66. The highest BCUT2D eigenvalue weighted by molar-refractivity contribution is 9.10. The van der Waals surface area contributed by atoms with Gasteiger partial charge >= 0.3 is 6.09 Å². The number of amides is 1. The molecule has 2 aliphatic rings. The number of fused-ring (bicyclic) bond motifs is 1. The molecule has 0 saturated heterocycles. The molecule has 1 saturated carbocycles. The van der Waals surface area contributed by atoms with Crippen molar-refractivity contribution in [2.75, 3.05) is 0 Å². The molecule has 1 aromatic heterocycles. The fourth-order valence-electron chi connectivity index (χ4n) is 3.80. The highest BCUT2D eigenvalue weighted by atomic mass is 79.9. The maximum absolute atomic E-state index is 12.8. The number of halogens is 2. The largest absolute Gasteiger partial charge is 0.597 e. The Morgan fingerprint density at radius 1 is 1.33 bits per heavy atom. The second kappa shape index (κ2) is 6.45. The summed E-state index contributed by atoms with van der Waals surface area (Å²) < 4.78 is 8.41. The van der Waals surface area contributed by atoms with E-state index in [9.17, 15) is 4.79 Å². The summed E-state index contributed by atoms with van der Waals surface area (Å²) in [6.45, 7) is 7.79. The quantitative estimate of drug-likeness (QED) is 0.605. The van der Waals surface area contributed by atoms with E-state index in [1.54, 1.807) is 4.58 Å². The number of carbonyl (C=O) groups excluding carboxylic acids is 1. The number of H-pyrrole nitrogens is 1. The number of hydrogen-bond acceptors (Lipinski definition) is 3. The summed E-state index contributed by atoms with van der Waals surface area (Å²) in [5, 5.41) is 0.482. The highest BCUT2D eigenvalue weighted by Crippen LogP contribution is 2.49. The van der Waals surface area contributed by atoms with Crippen LogP contribution in [0.2, 0.25) is 5.15 Å². The van der Waals surface area contributed by atoms with Crippen LogP contribution in [0, 0.1) is 11.8 Å². The summed E-state index contributed by atoms with van der Waals surface area (Å²) >= 11 is 9.87. The topological polar surface area (TPSA) is 58.0 Å². The Morgan fingerprint density at radius 3 is 2.63 bits per heavy atom.